The fourth-order valence-corrected chi connectivity index (χ4v) is 0. The van der Waals surface area contributed by atoms with E-state index in [2.05, 4.69) is 0 Å². The Balaban J connectivity index is 5.54. The van der Waals surface area contributed by atoms with E-state index in [1.54, 1.807) is 0 Å². The molecule has 0 aliphatic rings. The molecule has 0 aromatic heterocycles. The summed E-state index contributed by atoms with van der Waals surface area (Å²) >= 11 is 1.09. The molecule has 0 unspecified atom stereocenters. The van der Waals surface area contributed by atoms with E-state index in [4.69, 9.17) is 12.3 Å². The Bertz CT molecular complexity index is 174. The van der Waals surface area contributed by atoms with Crippen LogP contribution in [0.3, 0.4) is 0 Å². The molecule has 0 nitrogen and oxygen atoms in total. The zero-order valence-corrected chi connectivity index (χ0v) is 5.26. The molecule has 0 radical (unpaired) electrons. The Morgan fingerprint density at radius 3 is 2.00 bits per heavy atom. The Morgan fingerprint density at radius 1 is 1.60 bits per heavy atom. The van der Waals surface area contributed by atoms with Gasteiger partial charge in [-0.1, -0.05) is 0 Å². The molecule has 0 amide bonds. The van der Waals surface area contributed by atoms with Crippen LogP contribution in [-0.2, 0) is 0 Å². The molecule has 0 atom stereocenters. The summed E-state index contributed by atoms with van der Waals surface area (Å²) in [7, 11) is -3.72. The maximum Gasteiger partial charge on any atom is 0.0335 e. The van der Waals surface area contributed by atoms with Crippen molar-refractivity contribution in [2.24, 2.45) is 0 Å². The highest BCUT2D eigenvalue weighted by Gasteiger charge is 1.89. The summed E-state index contributed by atoms with van der Waals surface area (Å²) in [6.07, 6.45) is -8.95. The van der Waals surface area contributed by atoms with E-state index >= 15 is 0 Å². The first-order chi connectivity index (χ1) is 5.75. The highest BCUT2D eigenvalue weighted by Crippen LogP contribution is 2.43. The Kier molecular flexibility index (Phi) is 0.267. The zero-order chi connectivity index (χ0) is 12.0. The lowest BCUT2D eigenvalue weighted by molar-refractivity contribution is 2.19. The van der Waals surface area contributed by atoms with Gasteiger partial charge in [0.2, 0.25) is 0 Å². The first-order valence-corrected chi connectivity index (χ1v) is 4.94. The number of halogens is 1. The molecule has 5 heavy (non-hydrogen) atoms. The highest BCUT2D eigenvalue weighted by molar-refractivity contribution is 14.2. The minimum absolute atomic E-state index is 1.09. The van der Waals surface area contributed by atoms with Crippen LogP contribution in [0.1, 0.15) is 12.3 Å². The maximum absolute atomic E-state index is 7.04. The molecule has 0 aromatic rings. The van der Waals surface area contributed by atoms with Crippen LogP contribution in [0.4, 0.5) is 0 Å². The van der Waals surface area contributed by atoms with E-state index in [0.717, 1.165) is 21.2 Å². The quantitative estimate of drug-likeness (QED) is 0.540. The van der Waals surface area contributed by atoms with Crippen molar-refractivity contribution in [1.29, 1.82) is 0 Å². The number of hydrogen-bond donors (Lipinski definition) is 0. The summed E-state index contributed by atoms with van der Waals surface area (Å²) in [4.78, 5) is 0. The molecule has 0 fully saturated rings. The zero-order valence-electron chi connectivity index (χ0n) is 11.3. The number of hydrogen-bond acceptors (Lipinski definition) is 0. The molecule has 0 aliphatic heterocycles. The fraction of sp³-hybridized carbons (Fsp3) is 1.00. The van der Waals surface area contributed by atoms with Crippen molar-refractivity contribution in [2.75, 3.05) is 18.6 Å². The van der Waals surface area contributed by atoms with Crippen LogP contribution in [0.15, 0.2) is 0 Å². The molecule has 0 N–H and O–H groups in total. The topological polar surface area (TPSA) is 0 Å². The first-order valence-electron chi connectivity index (χ1n) is 5.27. The third-order valence-electron chi connectivity index (χ3n) is 0. The van der Waals surface area contributed by atoms with E-state index in [0.29, 0.717) is 0 Å². The van der Waals surface area contributed by atoms with Crippen LogP contribution in [0.2, 0.25) is 0 Å². The van der Waals surface area contributed by atoms with Crippen molar-refractivity contribution >= 4 is 28.4 Å². The third kappa shape index (κ3) is 41.3. The molecule has 0 spiro atoms. The van der Waals surface area contributed by atoms with Gasteiger partial charge in [-0.3, -0.25) is 0 Å². The van der Waals surface area contributed by atoms with E-state index in [-0.39, 0.29) is 0 Å². The smallest absolute Gasteiger partial charge is 0.0335 e. The highest BCUT2D eigenvalue weighted by atomic mass is 127. The summed E-state index contributed by atoms with van der Waals surface area (Å²) in [5.74, 6) is 0. The average Bonchev–Trinajstić information content (AvgIpc) is 1.77. The third-order valence-corrected chi connectivity index (χ3v) is 0. The van der Waals surface area contributed by atoms with Gasteiger partial charge < -0.3 is 0 Å². The lowest BCUT2D eigenvalue weighted by Gasteiger charge is -2.11. The average molecular weight is 213 g/mol. The van der Waals surface area contributed by atoms with E-state index in [1.807, 2.05) is 0 Å². The SMILES string of the molecule is [2H]C([2H])([2H])S(I)(C([2H])([2H])[2H])C([2H])([2H])[2H]. The second-order valence-electron chi connectivity index (χ2n) is 0.538. The molecule has 0 aliphatic carbocycles. The summed E-state index contributed by atoms with van der Waals surface area (Å²) in [6.45, 7) is 0. The fourth-order valence-electron chi connectivity index (χ4n) is 0. The molecule has 0 aromatic carbocycles. The molecule has 0 rings (SSSR count). The lowest BCUT2D eigenvalue weighted by Crippen LogP contribution is -1.72. The van der Waals surface area contributed by atoms with Gasteiger partial charge in [0.25, 0.3) is 0 Å². The van der Waals surface area contributed by atoms with E-state index in [1.165, 1.54) is 0 Å². The van der Waals surface area contributed by atoms with Crippen LogP contribution < -0.4 is 0 Å². The van der Waals surface area contributed by atoms with Crippen molar-refractivity contribution in [1.82, 2.24) is 0 Å². The van der Waals surface area contributed by atoms with Gasteiger partial charge in [0.05, 0.1) is 0 Å². The van der Waals surface area contributed by atoms with E-state index < -0.39 is 25.8 Å². The summed E-state index contributed by atoms with van der Waals surface area (Å²) in [5.41, 5.74) is 0. The molecule has 34 valence electrons. The predicted molar refractivity (Wildman–Crippen MR) is 39.4 cm³/mol. The van der Waals surface area contributed by atoms with Gasteiger partial charge in [-0.2, -0.15) is 7.20 Å². The van der Waals surface area contributed by atoms with Crippen molar-refractivity contribution < 1.29 is 12.3 Å². The van der Waals surface area contributed by atoms with Crippen LogP contribution >= 0.6 is 28.4 Å². The standard InChI is InChI=1S/C3H9IS/c1-5(2,3)4/h1-3H3/i1D3,2D3,3D3. The van der Waals surface area contributed by atoms with Gasteiger partial charge in [-0.25, -0.2) is 0 Å². The van der Waals surface area contributed by atoms with Gasteiger partial charge in [0, 0.05) is 12.3 Å². The Labute approximate surface area is 59.9 Å². The van der Waals surface area contributed by atoms with Gasteiger partial charge >= 0.3 is 0 Å². The lowest BCUT2D eigenvalue weighted by atomic mass is 11.9. The maximum atomic E-state index is 7.04. The Morgan fingerprint density at radius 2 is 2.00 bits per heavy atom. The molecule has 0 saturated carbocycles. The van der Waals surface area contributed by atoms with Gasteiger partial charge in [-0.05, 0) is 39.8 Å². The first kappa shape index (κ1) is 0.791. The predicted octanol–water partition coefficient (Wildman–Crippen LogP) is 2.03. The Hall–Kier alpha value is 1.08. The monoisotopic (exact) mass is 213 g/mol. The normalized spacial score (nSPS) is 49.4. The van der Waals surface area contributed by atoms with Crippen LogP contribution in [0, 0.1) is 0 Å². The molecule has 0 bridgehead atoms. The minimum Gasteiger partial charge on any atom is -0.196 e. The molecular weight excluding hydrogens is 195 g/mol. The van der Waals surface area contributed by atoms with Crippen molar-refractivity contribution in [3.05, 3.63) is 0 Å². The van der Waals surface area contributed by atoms with Gasteiger partial charge in [0.1, 0.15) is 0 Å². The van der Waals surface area contributed by atoms with Gasteiger partial charge in [0.15, 0.2) is 0 Å². The van der Waals surface area contributed by atoms with Crippen molar-refractivity contribution in [2.45, 2.75) is 0 Å². The summed E-state index contributed by atoms with van der Waals surface area (Å²) in [5, 5.41) is 0. The molecule has 2 heteroatoms. The molecule has 0 saturated heterocycles. The van der Waals surface area contributed by atoms with E-state index in [9.17, 15) is 0 Å². The largest absolute Gasteiger partial charge is 0.196 e. The van der Waals surface area contributed by atoms with Crippen molar-refractivity contribution in [3.8, 4) is 0 Å². The molecule has 0 heterocycles. The second kappa shape index (κ2) is 1.69. The van der Waals surface area contributed by atoms with Crippen LogP contribution in [0.25, 0.3) is 0 Å². The second-order valence-corrected chi connectivity index (χ2v) is 5.58. The minimum atomic E-state index is -3.72. The van der Waals surface area contributed by atoms with Crippen molar-refractivity contribution in [3.63, 3.8) is 0 Å². The van der Waals surface area contributed by atoms with Crippen LogP contribution in [-0.4, -0.2) is 18.6 Å². The number of rotatable bonds is 0. The molecular formula is C3H9IS. The van der Waals surface area contributed by atoms with Gasteiger partial charge in [-0.15, -0.1) is 0 Å². The summed E-state index contributed by atoms with van der Waals surface area (Å²) in [6, 6.07) is 0. The van der Waals surface area contributed by atoms with Crippen LogP contribution in [0.5, 0.6) is 0 Å². The summed E-state index contributed by atoms with van der Waals surface area (Å²) < 4.78 is 63.4.